The average molecular weight is 445 g/mol. The first-order valence-electron chi connectivity index (χ1n) is 9.69. The maximum atomic E-state index is 14.1. The molecule has 1 amide bonds. The second-order valence-corrected chi connectivity index (χ2v) is 6.87. The predicted octanol–water partition coefficient (Wildman–Crippen LogP) is 5.65. The molecule has 0 atom stereocenters. The van der Waals surface area contributed by atoms with Gasteiger partial charge in [-0.05, 0) is 54.4 Å². The Kier molecular flexibility index (Phi) is 6.92. The Morgan fingerprint density at radius 3 is 2.44 bits per heavy atom. The number of hydrogen-bond donors (Lipinski definition) is 1. The van der Waals surface area contributed by atoms with Gasteiger partial charge in [-0.25, -0.2) is 4.39 Å². The minimum atomic E-state index is -4.70. The summed E-state index contributed by atoms with van der Waals surface area (Å²) in [4.78, 5) is 23.4. The molecule has 0 aliphatic carbocycles. The summed E-state index contributed by atoms with van der Waals surface area (Å²) in [7, 11) is 0. The first-order chi connectivity index (χ1) is 15.2. The molecule has 3 aromatic carbocycles. The molecule has 0 aliphatic heterocycles. The number of rotatable bonds is 7. The summed E-state index contributed by atoms with van der Waals surface area (Å²) < 4.78 is 57.8. The molecular weight excluding hydrogens is 426 g/mol. The summed E-state index contributed by atoms with van der Waals surface area (Å²) in [6.45, 7) is 2.12. The smallest absolute Gasteiger partial charge is 0.416 e. The summed E-state index contributed by atoms with van der Waals surface area (Å²) in [6.07, 6.45) is -3.97. The highest BCUT2D eigenvalue weighted by Crippen LogP contribution is 2.30. The number of hydrogen-bond acceptors (Lipinski definition) is 3. The third kappa shape index (κ3) is 5.32. The summed E-state index contributed by atoms with van der Waals surface area (Å²) in [5.74, 6) is -1.62. The highest BCUT2D eigenvalue weighted by Gasteiger charge is 2.31. The lowest BCUT2D eigenvalue weighted by atomic mass is 10.0. The van der Waals surface area contributed by atoms with Gasteiger partial charge in [-0.3, -0.25) is 9.59 Å². The van der Waals surface area contributed by atoms with Crippen molar-refractivity contribution in [1.29, 1.82) is 0 Å². The molecule has 0 unspecified atom stereocenters. The summed E-state index contributed by atoms with van der Waals surface area (Å²) in [6, 6.07) is 14.0. The van der Waals surface area contributed by atoms with E-state index in [0.717, 1.165) is 23.5 Å². The number of alkyl halides is 3. The molecule has 32 heavy (non-hydrogen) atoms. The maximum Gasteiger partial charge on any atom is 0.416 e. The largest absolute Gasteiger partial charge is 0.494 e. The van der Waals surface area contributed by atoms with E-state index in [9.17, 15) is 27.2 Å². The Bertz CT molecular complexity index is 1140. The Hall–Kier alpha value is -3.68. The normalized spacial score (nSPS) is 11.2. The van der Waals surface area contributed by atoms with Gasteiger partial charge in [0.2, 0.25) is 0 Å². The number of carbonyl (C=O) groups excluding carboxylic acids is 2. The zero-order valence-electron chi connectivity index (χ0n) is 17.0. The van der Waals surface area contributed by atoms with Crippen LogP contribution in [0.2, 0.25) is 0 Å². The molecule has 0 bridgehead atoms. The van der Waals surface area contributed by atoms with Crippen molar-refractivity contribution in [1.82, 2.24) is 5.32 Å². The van der Waals surface area contributed by atoms with Crippen LogP contribution in [0.25, 0.3) is 11.1 Å². The van der Waals surface area contributed by atoms with Gasteiger partial charge in [0, 0.05) is 17.7 Å². The van der Waals surface area contributed by atoms with Crippen LogP contribution in [0.1, 0.15) is 38.8 Å². The first-order valence-corrected chi connectivity index (χ1v) is 9.69. The molecule has 0 spiro atoms. The van der Waals surface area contributed by atoms with E-state index in [1.54, 1.807) is 43.3 Å². The van der Waals surface area contributed by atoms with E-state index in [1.165, 1.54) is 0 Å². The lowest BCUT2D eigenvalue weighted by Gasteiger charge is -2.14. The van der Waals surface area contributed by atoms with Crippen molar-refractivity contribution in [2.75, 3.05) is 6.61 Å². The third-order valence-corrected chi connectivity index (χ3v) is 4.70. The Balaban J connectivity index is 1.84. The Morgan fingerprint density at radius 2 is 1.78 bits per heavy atom. The predicted molar refractivity (Wildman–Crippen MR) is 111 cm³/mol. The number of aldehydes is 1. The van der Waals surface area contributed by atoms with Crippen LogP contribution in [0.5, 0.6) is 5.75 Å². The number of nitrogens with one attached hydrogen (secondary N) is 1. The summed E-state index contributed by atoms with van der Waals surface area (Å²) in [5, 5.41) is 2.52. The van der Waals surface area contributed by atoms with E-state index in [0.29, 0.717) is 35.6 Å². The SMILES string of the molecule is CCOc1ccc(-c2cccc(C=O)c2)cc1CNC(=O)c1ccc(C(F)(F)F)cc1F. The van der Waals surface area contributed by atoms with Gasteiger partial charge in [-0.2, -0.15) is 13.2 Å². The molecule has 8 heteroatoms. The lowest BCUT2D eigenvalue weighted by molar-refractivity contribution is -0.137. The van der Waals surface area contributed by atoms with Gasteiger partial charge >= 0.3 is 6.18 Å². The fourth-order valence-corrected chi connectivity index (χ4v) is 3.13. The minimum absolute atomic E-state index is 0.0458. The molecule has 0 aromatic heterocycles. The molecule has 4 nitrogen and oxygen atoms in total. The average Bonchev–Trinajstić information content (AvgIpc) is 2.77. The van der Waals surface area contributed by atoms with Crippen LogP contribution in [0.15, 0.2) is 60.7 Å². The van der Waals surface area contributed by atoms with Crippen molar-refractivity contribution in [2.24, 2.45) is 0 Å². The number of amides is 1. The van der Waals surface area contributed by atoms with Crippen molar-refractivity contribution in [3.05, 3.63) is 88.7 Å². The monoisotopic (exact) mass is 445 g/mol. The lowest BCUT2D eigenvalue weighted by Crippen LogP contribution is -2.24. The van der Waals surface area contributed by atoms with Crippen molar-refractivity contribution in [3.8, 4) is 16.9 Å². The molecule has 166 valence electrons. The van der Waals surface area contributed by atoms with E-state index in [2.05, 4.69) is 5.32 Å². The van der Waals surface area contributed by atoms with Crippen LogP contribution in [0, 0.1) is 5.82 Å². The molecule has 0 fully saturated rings. The van der Waals surface area contributed by atoms with E-state index in [4.69, 9.17) is 4.74 Å². The van der Waals surface area contributed by atoms with E-state index < -0.39 is 29.0 Å². The van der Waals surface area contributed by atoms with E-state index in [1.807, 2.05) is 6.07 Å². The number of halogens is 4. The van der Waals surface area contributed by atoms with Crippen LogP contribution in [0.3, 0.4) is 0 Å². The van der Waals surface area contributed by atoms with Crippen molar-refractivity contribution in [3.63, 3.8) is 0 Å². The van der Waals surface area contributed by atoms with Gasteiger partial charge in [0.05, 0.1) is 17.7 Å². The van der Waals surface area contributed by atoms with Crippen molar-refractivity contribution in [2.45, 2.75) is 19.6 Å². The molecule has 0 radical (unpaired) electrons. The molecule has 0 saturated heterocycles. The minimum Gasteiger partial charge on any atom is -0.494 e. The second kappa shape index (κ2) is 9.64. The zero-order chi connectivity index (χ0) is 23.3. The molecule has 3 aromatic rings. The molecule has 1 N–H and O–H groups in total. The van der Waals surface area contributed by atoms with Crippen LogP contribution < -0.4 is 10.1 Å². The van der Waals surface area contributed by atoms with E-state index >= 15 is 0 Å². The highest BCUT2D eigenvalue weighted by atomic mass is 19.4. The molecular formula is C24H19F4NO3. The summed E-state index contributed by atoms with van der Waals surface area (Å²) in [5.41, 5.74) is 0.966. The van der Waals surface area contributed by atoms with Gasteiger partial charge in [-0.15, -0.1) is 0 Å². The van der Waals surface area contributed by atoms with Crippen LogP contribution in [-0.4, -0.2) is 18.8 Å². The molecule has 0 saturated carbocycles. The van der Waals surface area contributed by atoms with Gasteiger partial charge in [0.1, 0.15) is 17.9 Å². The summed E-state index contributed by atoms with van der Waals surface area (Å²) >= 11 is 0. The fourth-order valence-electron chi connectivity index (χ4n) is 3.13. The van der Waals surface area contributed by atoms with Gasteiger partial charge in [0.15, 0.2) is 0 Å². The van der Waals surface area contributed by atoms with Crippen molar-refractivity contribution >= 4 is 12.2 Å². The molecule has 0 aliphatic rings. The second-order valence-electron chi connectivity index (χ2n) is 6.87. The van der Waals surface area contributed by atoms with E-state index in [-0.39, 0.29) is 6.54 Å². The Morgan fingerprint density at radius 1 is 1.03 bits per heavy atom. The highest BCUT2D eigenvalue weighted by molar-refractivity contribution is 5.94. The number of carbonyl (C=O) groups is 2. The van der Waals surface area contributed by atoms with Crippen molar-refractivity contribution < 1.29 is 31.9 Å². The standard InChI is InChI=1S/C24H19F4NO3/c1-2-32-22-9-6-17(16-5-3-4-15(10-16)14-30)11-18(22)13-29-23(31)20-8-7-19(12-21(20)25)24(26,27)28/h3-12,14H,2,13H2,1H3,(H,29,31). The number of ether oxygens (including phenoxy) is 1. The molecule has 0 heterocycles. The zero-order valence-corrected chi connectivity index (χ0v) is 17.0. The fraction of sp³-hybridized carbons (Fsp3) is 0.167. The van der Waals surface area contributed by atoms with Crippen LogP contribution >= 0.6 is 0 Å². The quantitative estimate of drug-likeness (QED) is 0.378. The first kappa shape index (κ1) is 23.0. The van der Waals surface area contributed by atoms with Gasteiger partial charge in [-0.1, -0.05) is 24.3 Å². The third-order valence-electron chi connectivity index (χ3n) is 4.70. The van der Waals surface area contributed by atoms with Gasteiger partial charge < -0.3 is 10.1 Å². The number of benzene rings is 3. The Labute approximate surface area is 181 Å². The maximum absolute atomic E-state index is 14.1. The molecule has 3 rings (SSSR count). The topological polar surface area (TPSA) is 55.4 Å². The van der Waals surface area contributed by atoms with Crippen LogP contribution in [0.4, 0.5) is 17.6 Å². The van der Waals surface area contributed by atoms with Gasteiger partial charge in [0.25, 0.3) is 5.91 Å². The van der Waals surface area contributed by atoms with Crippen LogP contribution in [-0.2, 0) is 12.7 Å².